The number of carboxylic acid groups (broad SMARTS) is 2. The standard InChI is InChI=1S/C14H12N6O8/c15-19-17-13(25)27-5-3-7-8(4-6-28-14(26)18-20-16)10(12(23)24)2-1-9(7)11(21)22/h1-2H,3-6H2,(H,21,22)(H,23,24)/p-2. The number of benzene rings is 1. The zero-order chi connectivity index (χ0) is 21.1. The van der Waals surface area contributed by atoms with E-state index in [0.29, 0.717) is 0 Å². The van der Waals surface area contributed by atoms with Crippen LogP contribution in [0.25, 0.3) is 20.9 Å². The lowest BCUT2D eigenvalue weighted by Crippen LogP contribution is -2.29. The molecule has 2 amide bonds. The molecule has 0 saturated carbocycles. The minimum absolute atomic E-state index is 0.0738. The van der Waals surface area contributed by atoms with Crippen molar-refractivity contribution in [2.75, 3.05) is 13.2 Å². The largest absolute Gasteiger partial charge is 0.545 e. The molecule has 0 spiro atoms. The van der Waals surface area contributed by atoms with Gasteiger partial charge in [-0.2, -0.15) is 0 Å². The number of nitrogens with zero attached hydrogens (tertiary/aromatic N) is 6. The molecule has 14 nitrogen and oxygen atoms in total. The summed E-state index contributed by atoms with van der Waals surface area (Å²) in [4.78, 5) is 49.2. The molecule has 14 heteroatoms. The molecule has 1 aromatic carbocycles. The monoisotopic (exact) mass is 390 g/mol. The lowest BCUT2D eigenvalue weighted by molar-refractivity contribution is -0.256. The lowest BCUT2D eigenvalue weighted by atomic mass is 9.92. The Balaban J connectivity index is 3.19. The van der Waals surface area contributed by atoms with Gasteiger partial charge in [-0.1, -0.05) is 12.1 Å². The van der Waals surface area contributed by atoms with E-state index < -0.39 is 37.3 Å². The normalized spacial score (nSPS) is 9.43. The third-order valence-corrected chi connectivity index (χ3v) is 3.28. The maximum Gasteiger partial charge on any atom is 0.396 e. The third kappa shape index (κ3) is 6.22. The molecule has 0 aromatic heterocycles. The van der Waals surface area contributed by atoms with Gasteiger partial charge in [-0.25, -0.2) is 9.59 Å². The van der Waals surface area contributed by atoms with E-state index >= 15 is 0 Å². The average Bonchev–Trinajstić information content (AvgIpc) is 2.62. The number of rotatable bonds is 8. The number of azide groups is 2. The SMILES string of the molecule is [N-]=[N+]=NC(=O)OCCc1c(C(=O)[O-])ccc(C(=O)[O-])c1CCOC(=O)N=[N+]=[N-]. The van der Waals surface area contributed by atoms with E-state index in [1.807, 2.05) is 0 Å². The number of ether oxygens (including phenoxy) is 2. The van der Waals surface area contributed by atoms with E-state index in [2.05, 4.69) is 29.5 Å². The summed E-state index contributed by atoms with van der Waals surface area (Å²) in [5, 5.41) is 28.0. The Hall–Kier alpha value is -4.28. The number of amides is 2. The van der Waals surface area contributed by atoms with Crippen molar-refractivity contribution < 1.29 is 38.9 Å². The van der Waals surface area contributed by atoms with Gasteiger partial charge in [0.1, 0.15) is 0 Å². The molecule has 0 fully saturated rings. The Morgan fingerprint density at radius 2 is 1.18 bits per heavy atom. The highest BCUT2D eigenvalue weighted by Gasteiger charge is 2.16. The van der Waals surface area contributed by atoms with Gasteiger partial charge >= 0.3 is 12.2 Å². The molecule has 0 aliphatic heterocycles. The highest BCUT2D eigenvalue weighted by Crippen LogP contribution is 2.21. The van der Waals surface area contributed by atoms with Crippen LogP contribution in [0.15, 0.2) is 22.4 Å². The van der Waals surface area contributed by atoms with Crippen LogP contribution >= 0.6 is 0 Å². The summed E-state index contributed by atoms with van der Waals surface area (Å²) in [5.74, 6) is -3.26. The molecule has 0 radical (unpaired) electrons. The van der Waals surface area contributed by atoms with E-state index in [0.717, 1.165) is 12.1 Å². The fourth-order valence-electron chi connectivity index (χ4n) is 2.26. The summed E-state index contributed by atoms with van der Waals surface area (Å²) in [6.45, 7) is -0.889. The summed E-state index contributed by atoms with van der Waals surface area (Å²) in [5.41, 5.74) is 15.3. The van der Waals surface area contributed by atoms with Crippen LogP contribution in [0.3, 0.4) is 0 Å². The van der Waals surface area contributed by atoms with E-state index in [1.54, 1.807) is 0 Å². The smallest absolute Gasteiger partial charge is 0.396 e. The van der Waals surface area contributed by atoms with Crippen LogP contribution in [0, 0.1) is 0 Å². The van der Waals surface area contributed by atoms with Crippen molar-refractivity contribution in [3.8, 4) is 0 Å². The van der Waals surface area contributed by atoms with Gasteiger partial charge in [-0.05, 0) is 22.2 Å². The van der Waals surface area contributed by atoms with Gasteiger partial charge in [0.2, 0.25) is 0 Å². The molecule has 0 saturated heterocycles. The quantitative estimate of drug-likeness (QED) is 0.341. The fourth-order valence-corrected chi connectivity index (χ4v) is 2.26. The predicted octanol–water partition coefficient (Wildman–Crippen LogP) is 0.392. The molecule has 1 aromatic rings. The number of aromatic carboxylic acids is 2. The molecule has 0 bridgehead atoms. The van der Waals surface area contributed by atoms with Gasteiger partial charge in [0.05, 0.1) is 25.2 Å². The van der Waals surface area contributed by atoms with Gasteiger partial charge < -0.3 is 29.3 Å². The Kier molecular flexibility index (Phi) is 8.28. The van der Waals surface area contributed by atoms with Gasteiger partial charge in [0, 0.05) is 44.0 Å². The first-order valence-electron chi connectivity index (χ1n) is 7.33. The van der Waals surface area contributed by atoms with Crippen molar-refractivity contribution >= 4 is 24.1 Å². The Morgan fingerprint density at radius 1 is 0.821 bits per heavy atom. The summed E-state index contributed by atoms with van der Waals surface area (Å²) in [7, 11) is 0. The second kappa shape index (κ2) is 10.7. The zero-order valence-corrected chi connectivity index (χ0v) is 13.9. The molecule has 0 unspecified atom stereocenters. The minimum Gasteiger partial charge on any atom is -0.545 e. The van der Waals surface area contributed by atoms with Crippen molar-refractivity contribution in [3.05, 3.63) is 55.3 Å². The highest BCUT2D eigenvalue weighted by atomic mass is 16.6. The first-order valence-corrected chi connectivity index (χ1v) is 7.33. The molecular formula is C14H10N6O8-2. The molecule has 0 aliphatic rings. The molecule has 0 aliphatic carbocycles. The molecule has 0 heterocycles. The number of carboxylic acids is 2. The first-order chi connectivity index (χ1) is 13.3. The average molecular weight is 390 g/mol. The zero-order valence-electron chi connectivity index (χ0n) is 13.9. The van der Waals surface area contributed by atoms with Gasteiger partial charge in [-0.3, -0.25) is 0 Å². The fraction of sp³-hybridized carbons (Fsp3) is 0.286. The van der Waals surface area contributed by atoms with Crippen LogP contribution < -0.4 is 10.2 Å². The topological polar surface area (TPSA) is 230 Å². The van der Waals surface area contributed by atoms with Crippen molar-refractivity contribution in [1.29, 1.82) is 0 Å². The summed E-state index contributed by atoms with van der Waals surface area (Å²) in [6, 6.07) is 1.95. The second-order valence-electron chi connectivity index (χ2n) is 4.80. The van der Waals surface area contributed by atoms with Crippen LogP contribution in [-0.4, -0.2) is 37.3 Å². The summed E-state index contributed by atoms with van der Waals surface area (Å²) >= 11 is 0. The Labute approximate surface area is 155 Å². The highest BCUT2D eigenvalue weighted by molar-refractivity contribution is 5.93. The molecule has 0 N–H and O–H groups in total. The minimum atomic E-state index is -1.63. The molecule has 0 atom stereocenters. The van der Waals surface area contributed by atoms with Gasteiger partial charge in [-0.15, -0.1) is 0 Å². The van der Waals surface area contributed by atoms with E-state index in [-0.39, 0.29) is 35.1 Å². The van der Waals surface area contributed by atoms with Crippen molar-refractivity contribution in [3.63, 3.8) is 0 Å². The molecule has 1 rings (SSSR count). The number of hydrogen-bond donors (Lipinski definition) is 0. The summed E-state index contributed by atoms with van der Waals surface area (Å²) < 4.78 is 9.15. The van der Waals surface area contributed by atoms with Crippen molar-refractivity contribution in [1.82, 2.24) is 0 Å². The number of carbonyl (C=O) groups is 4. The van der Waals surface area contributed by atoms with E-state index in [1.165, 1.54) is 0 Å². The lowest BCUT2D eigenvalue weighted by Gasteiger charge is -2.20. The van der Waals surface area contributed by atoms with Gasteiger partial charge in [0.25, 0.3) is 0 Å². The van der Waals surface area contributed by atoms with Crippen LogP contribution in [0.2, 0.25) is 0 Å². The van der Waals surface area contributed by atoms with Crippen LogP contribution in [0.5, 0.6) is 0 Å². The number of carbonyl (C=O) groups excluding carboxylic acids is 4. The van der Waals surface area contributed by atoms with Crippen LogP contribution in [0.1, 0.15) is 31.8 Å². The van der Waals surface area contributed by atoms with Crippen molar-refractivity contribution in [2.45, 2.75) is 12.8 Å². The van der Waals surface area contributed by atoms with Crippen LogP contribution in [0.4, 0.5) is 9.59 Å². The Morgan fingerprint density at radius 3 is 1.46 bits per heavy atom. The van der Waals surface area contributed by atoms with E-state index in [4.69, 9.17) is 11.1 Å². The predicted molar refractivity (Wildman–Crippen MR) is 83.5 cm³/mol. The third-order valence-electron chi connectivity index (χ3n) is 3.28. The van der Waals surface area contributed by atoms with E-state index in [9.17, 15) is 29.4 Å². The van der Waals surface area contributed by atoms with Crippen LogP contribution in [-0.2, 0) is 22.3 Å². The molecule has 146 valence electrons. The van der Waals surface area contributed by atoms with Crippen molar-refractivity contribution in [2.24, 2.45) is 10.2 Å². The number of hydrogen-bond acceptors (Lipinski definition) is 8. The van der Waals surface area contributed by atoms with Gasteiger partial charge in [0.15, 0.2) is 0 Å². The molecular weight excluding hydrogens is 380 g/mol. The molecule has 28 heavy (non-hydrogen) atoms. The summed E-state index contributed by atoms with van der Waals surface area (Å²) in [6.07, 6.45) is -3.09. The first kappa shape index (κ1) is 21.8. The maximum atomic E-state index is 11.3. The Bertz CT molecular complexity index is 828. The second-order valence-corrected chi connectivity index (χ2v) is 4.80. The maximum absolute atomic E-state index is 11.3.